The van der Waals surface area contributed by atoms with E-state index in [9.17, 15) is 4.79 Å². The maximum atomic E-state index is 12.2. The highest BCUT2D eigenvalue weighted by molar-refractivity contribution is 9.10. The van der Waals surface area contributed by atoms with E-state index in [0.717, 1.165) is 15.4 Å². The number of hydrogen-bond acceptors (Lipinski definition) is 4. The molecule has 2 N–H and O–H groups in total. The van der Waals surface area contributed by atoms with Crippen molar-refractivity contribution in [2.75, 3.05) is 0 Å². The lowest BCUT2D eigenvalue weighted by Gasteiger charge is -2.05. The van der Waals surface area contributed by atoms with E-state index in [2.05, 4.69) is 41.2 Å². The Hall–Kier alpha value is -2.28. The highest BCUT2D eigenvalue weighted by Gasteiger charge is 2.11. The Balaban J connectivity index is 1.76. The van der Waals surface area contributed by atoms with Crippen molar-refractivity contribution >= 4 is 32.7 Å². The van der Waals surface area contributed by atoms with Crippen LogP contribution in [0.5, 0.6) is 0 Å². The fourth-order valence-electron chi connectivity index (χ4n) is 1.85. The Kier molecular flexibility index (Phi) is 3.42. The molecular weight excluding hydrogens is 322 g/mol. The summed E-state index contributed by atoms with van der Waals surface area (Å²) in [6, 6.07) is 1.85. The molecule has 0 bridgehead atoms. The van der Waals surface area contributed by atoms with Crippen LogP contribution in [-0.2, 0) is 6.54 Å². The molecule has 0 aliphatic carbocycles. The number of nitrogens with zero attached hydrogens (tertiary/aromatic N) is 3. The Morgan fingerprint density at radius 2 is 2.05 bits per heavy atom. The molecule has 6 nitrogen and oxygen atoms in total. The molecule has 3 aromatic rings. The minimum atomic E-state index is -0.200. The van der Waals surface area contributed by atoms with E-state index in [0.29, 0.717) is 11.4 Å². The van der Waals surface area contributed by atoms with Crippen molar-refractivity contribution in [2.24, 2.45) is 0 Å². The molecular formula is C13H10BrN5O. The van der Waals surface area contributed by atoms with Crippen molar-refractivity contribution in [3.8, 4) is 0 Å². The van der Waals surface area contributed by atoms with Crippen LogP contribution in [-0.4, -0.2) is 25.8 Å². The number of amides is 1. The van der Waals surface area contributed by atoms with Gasteiger partial charge in [0, 0.05) is 30.2 Å². The van der Waals surface area contributed by atoms with Gasteiger partial charge in [-0.05, 0) is 22.0 Å². The topological polar surface area (TPSA) is 83.6 Å². The molecule has 0 unspecified atom stereocenters. The number of rotatable bonds is 3. The van der Waals surface area contributed by atoms with Gasteiger partial charge in [-0.1, -0.05) is 0 Å². The number of pyridine rings is 1. The van der Waals surface area contributed by atoms with Gasteiger partial charge in [0.15, 0.2) is 0 Å². The van der Waals surface area contributed by atoms with E-state index in [4.69, 9.17) is 0 Å². The average Bonchev–Trinajstić information content (AvgIpc) is 2.94. The Morgan fingerprint density at radius 1 is 1.25 bits per heavy atom. The molecule has 0 atom stereocenters. The number of H-pyrrole nitrogens is 1. The summed E-state index contributed by atoms with van der Waals surface area (Å²) in [6.45, 7) is 0.271. The summed E-state index contributed by atoms with van der Waals surface area (Å²) >= 11 is 3.26. The number of fused-ring (bicyclic) bond motifs is 1. The summed E-state index contributed by atoms with van der Waals surface area (Å²) in [5.41, 5.74) is 1.36. The molecule has 100 valence electrons. The summed E-state index contributed by atoms with van der Waals surface area (Å²) in [6.07, 6.45) is 8.30. The van der Waals surface area contributed by atoms with Gasteiger partial charge < -0.3 is 10.3 Å². The van der Waals surface area contributed by atoms with Crippen molar-refractivity contribution in [1.82, 2.24) is 25.3 Å². The first-order chi connectivity index (χ1) is 9.74. The minimum Gasteiger partial charge on any atom is -0.360 e. The monoisotopic (exact) mass is 331 g/mol. The highest BCUT2D eigenvalue weighted by atomic mass is 79.9. The molecule has 3 heterocycles. The van der Waals surface area contributed by atoms with Crippen LogP contribution >= 0.6 is 15.9 Å². The largest absolute Gasteiger partial charge is 0.360 e. The summed E-state index contributed by atoms with van der Waals surface area (Å²) in [5.74, 6) is 0.352. The normalized spacial score (nSPS) is 10.7. The molecule has 0 saturated heterocycles. The molecule has 0 aromatic carbocycles. The van der Waals surface area contributed by atoms with Crippen molar-refractivity contribution in [2.45, 2.75) is 6.54 Å². The summed E-state index contributed by atoms with van der Waals surface area (Å²) in [4.78, 5) is 27.4. The fraction of sp³-hybridized carbons (Fsp3) is 0.0769. The van der Waals surface area contributed by atoms with E-state index in [1.54, 1.807) is 31.0 Å². The Bertz CT molecular complexity index is 753. The van der Waals surface area contributed by atoms with Gasteiger partial charge >= 0.3 is 0 Å². The maximum Gasteiger partial charge on any atom is 0.253 e. The summed E-state index contributed by atoms with van der Waals surface area (Å²) in [5, 5.41) is 3.63. The lowest BCUT2D eigenvalue weighted by Crippen LogP contribution is -2.24. The SMILES string of the molecule is O=C(NCc1ncc(Br)cn1)c1cncc2[nH]ccc12. The number of aromatic nitrogens is 4. The first-order valence-corrected chi connectivity index (χ1v) is 6.69. The van der Waals surface area contributed by atoms with Crippen molar-refractivity contribution in [1.29, 1.82) is 0 Å². The van der Waals surface area contributed by atoms with E-state index < -0.39 is 0 Å². The summed E-state index contributed by atoms with van der Waals surface area (Å²) < 4.78 is 0.800. The average molecular weight is 332 g/mol. The van der Waals surface area contributed by atoms with E-state index in [-0.39, 0.29) is 12.5 Å². The van der Waals surface area contributed by atoms with Crippen LogP contribution in [0.1, 0.15) is 16.2 Å². The fourth-order valence-corrected chi connectivity index (χ4v) is 2.05. The molecule has 0 spiro atoms. The zero-order valence-electron chi connectivity index (χ0n) is 10.3. The van der Waals surface area contributed by atoms with Crippen LogP contribution in [0.3, 0.4) is 0 Å². The van der Waals surface area contributed by atoms with Gasteiger partial charge in [0.05, 0.1) is 28.3 Å². The maximum absolute atomic E-state index is 12.2. The van der Waals surface area contributed by atoms with Crippen LogP contribution in [0, 0.1) is 0 Å². The third-order valence-electron chi connectivity index (χ3n) is 2.80. The van der Waals surface area contributed by atoms with Crippen molar-refractivity contribution in [3.63, 3.8) is 0 Å². The predicted molar refractivity (Wildman–Crippen MR) is 77.0 cm³/mol. The molecule has 3 aromatic heterocycles. The Labute approximate surface area is 122 Å². The second-order valence-corrected chi connectivity index (χ2v) is 5.04. The van der Waals surface area contributed by atoms with E-state index in [1.807, 2.05) is 6.07 Å². The number of aromatic amines is 1. The third-order valence-corrected chi connectivity index (χ3v) is 3.21. The quantitative estimate of drug-likeness (QED) is 0.769. The second kappa shape index (κ2) is 5.38. The molecule has 7 heteroatoms. The second-order valence-electron chi connectivity index (χ2n) is 4.13. The standard InChI is InChI=1S/C13H10BrN5O/c14-8-3-17-12(18-4-8)7-19-13(20)10-5-15-6-11-9(10)1-2-16-11/h1-6,16H,7H2,(H,19,20). The van der Waals surface area contributed by atoms with Crippen molar-refractivity contribution < 1.29 is 4.79 Å². The predicted octanol–water partition coefficient (Wildman–Crippen LogP) is 2.05. The lowest BCUT2D eigenvalue weighted by molar-refractivity contribution is 0.0951. The minimum absolute atomic E-state index is 0.200. The van der Waals surface area contributed by atoms with Crippen LogP contribution in [0.15, 0.2) is 41.5 Å². The Morgan fingerprint density at radius 3 is 2.85 bits per heavy atom. The number of hydrogen-bond donors (Lipinski definition) is 2. The van der Waals surface area contributed by atoms with Gasteiger partial charge in [0.2, 0.25) is 0 Å². The van der Waals surface area contributed by atoms with Gasteiger partial charge in [-0.2, -0.15) is 0 Å². The van der Waals surface area contributed by atoms with Crippen LogP contribution in [0.4, 0.5) is 0 Å². The van der Waals surface area contributed by atoms with E-state index in [1.165, 1.54) is 0 Å². The number of carbonyl (C=O) groups is 1. The highest BCUT2D eigenvalue weighted by Crippen LogP contribution is 2.15. The number of halogens is 1. The molecule has 3 rings (SSSR count). The van der Waals surface area contributed by atoms with Gasteiger partial charge in [-0.15, -0.1) is 0 Å². The molecule has 0 saturated carbocycles. The molecule has 0 radical (unpaired) electrons. The number of carbonyl (C=O) groups excluding carboxylic acids is 1. The van der Waals surface area contributed by atoms with Crippen LogP contribution in [0.25, 0.3) is 10.9 Å². The first-order valence-electron chi connectivity index (χ1n) is 5.90. The van der Waals surface area contributed by atoms with Gasteiger partial charge in [-0.3, -0.25) is 9.78 Å². The van der Waals surface area contributed by atoms with E-state index >= 15 is 0 Å². The third kappa shape index (κ3) is 2.53. The number of nitrogens with one attached hydrogen (secondary N) is 2. The zero-order valence-corrected chi connectivity index (χ0v) is 11.9. The lowest BCUT2D eigenvalue weighted by atomic mass is 10.2. The molecule has 0 fully saturated rings. The van der Waals surface area contributed by atoms with Crippen LogP contribution < -0.4 is 5.32 Å². The first kappa shape index (κ1) is 12.7. The van der Waals surface area contributed by atoms with Crippen molar-refractivity contribution in [3.05, 3.63) is 52.9 Å². The van der Waals surface area contributed by atoms with Gasteiger partial charge in [0.1, 0.15) is 5.82 Å². The molecule has 20 heavy (non-hydrogen) atoms. The van der Waals surface area contributed by atoms with Gasteiger partial charge in [0.25, 0.3) is 5.91 Å². The molecule has 0 aliphatic rings. The summed E-state index contributed by atoms with van der Waals surface area (Å²) in [7, 11) is 0. The zero-order chi connectivity index (χ0) is 13.9. The van der Waals surface area contributed by atoms with Gasteiger partial charge in [-0.25, -0.2) is 9.97 Å². The molecule has 1 amide bonds. The van der Waals surface area contributed by atoms with Crippen LogP contribution in [0.2, 0.25) is 0 Å². The smallest absolute Gasteiger partial charge is 0.253 e. The molecule has 0 aliphatic heterocycles.